The number of nitrogens with one attached hydrogen (secondary N) is 1. The normalized spacial score (nSPS) is 16.6. The van der Waals surface area contributed by atoms with Crippen molar-refractivity contribution in [2.75, 3.05) is 11.3 Å². The Labute approximate surface area is 250 Å². The molecule has 1 saturated carbocycles. The van der Waals surface area contributed by atoms with Gasteiger partial charge in [0.15, 0.2) is 5.76 Å². The van der Waals surface area contributed by atoms with E-state index in [9.17, 15) is 13.2 Å². The molecule has 1 aromatic carbocycles. The number of unbranched alkanes of at least 4 members (excludes halogenated alkanes) is 1. The number of aryl methyl sites for hydroxylation is 1. The summed E-state index contributed by atoms with van der Waals surface area (Å²) in [4.78, 5) is 21.2. The third-order valence-corrected chi connectivity index (χ3v) is 10.5. The summed E-state index contributed by atoms with van der Waals surface area (Å²) in [5.74, 6) is 1.26. The highest BCUT2D eigenvalue weighted by Crippen LogP contribution is 2.41. The zero-order valence-corrected chi connectivity index (χ0v) is 25.9. The molecule has 220 valence electrons. The van der Waals surface area contributed by atoms with Crippen molar-refractivity contribution in [2.45, 2.75) is 89.3 Å². The van der Waals surface area contributed by atoms with E-state index < -0.39 is 15.6 Å². The van der Waals surface area contributed by atoms with Crippen LogP contribution in [0.4, 0.5) is 5.82 Å². The van der Waals surface area contributed by atoms with E-state index in [0.29, 0.717) is 30.4 Å². The Hall–Kier alpha value is -2.73. The first kappa shape index (κ1) is 29.8. The van der Waals surface area contributed by atoms with Crippen LogP contribution < -0.4 is 4.72 Å². The zero-order valence-electron chi connectivity index (χ0n) is 23.5. The van der Waals surface area contributed by atoms with E-state index in [2.05, 4.69) is 16.8 Å². The third-order valence-electron chi connectivity index (χ3n) is 7.64. The molecule has 41 heavy (non-hydrogen) atoms. The van der Waals surface area contributed by atoms with Crippen molar-refractivity contribution in [3.8, 4) is 10.4 Å². The fraction of sp³-hybridized carbons (Fsp3) is 0.483. The Balaban J connectivity index is 1.46. The highest BCUT2D eigenvalue weighted by Gasteiger charge is 2.49. The number of amidine groups is 1. The zero-order chi connectivity index (χ0) is 29.2. The Bertz CT molecular complexity index is 1560. The number of aliphatic imine (C=N–C) groups is 1. The number of amides is 1. The summed E-state index contributed by atoms with van der Waals surface area (Å²) in [7, 11) is -4.02. The van der Waals surface area contributed by atoms with Crippen LogP contribution in [-0.4, -0.2) is 42.4 Å². The number of aromatic nitrogens is 1. The summed E-state index contributed by atoms with van der Waals surface area (Å²) < 4.78 is 40.0. The molecule has 0 atom stereocenters. The van der Waals surface area contributed by atoms with E-state index in [0.717, 1.165) is 67.5 Å². The molecule has 1 spiro atoms. The fourth-order valence-corrected chi connectivity index (χ4v) is 8.18. The van der Waals surface area contributed by atoms with Gasteiger partial charge in [0.25, 0.3) is 15.9 Å². The van der Waals surface area contributed by atoms with Crippen molar-refractivity contribution < 1.29 is 22.5 Å². The monoisotopic (exact) mass is 618 g/mol. The topological polar surface area (TPSA) is 114 Å². The van der Waals surface area contributed by atoms with Crippen LogP contribution in [-0.2, 0) is 32.7 Å². The first-order valence-electron chi connectivity index (χ1n) is 14.0. The number of hydrogen-bond acceptors (Lipinski definition) is 8. The highest BCUT2D eigenvalue weighted by atomic mass is 35.5. The second-order valence-electron chi connectivity index (χ2n) is 10.5. The van der Waals surface area contributed by atoms with E-state index in [4.69, 9.17) is 25.9 Å². The Kier molecular flexibility index (Phi) is 8.89. The highest BCUT2D eigenvalue weighted by molar-refractivity contribution is 7.93. The second kappa shape index (κ2) is 12.2. The molecule has 2 aliphatic rings. The molecule has 0 bridgehead atoms. The van der Waals surface area contributed by atoms with Gasteiger partial charge in [0.05, 0.1) is 18.0 Å². The predicted molar refractivity (Wildman–Crippen MR) is 161 cm³/mol. The van der Waals surface area contributed by atoms with Crippen LogP contribution in [0.2, 0.25) is 5.02 Å². The molecule has 1 amide bonds. The lowest BCUT2D eigenvalue weighted by molar-refractivity contribution is -0.131. The molecule has 0 unspecified atom stereocenters. The molecule has 12 heteroatoms. The molecule has 1 fully saturated rings. The van der Waals surface area contributed by atoms with Gasteiger partial charge in [-0.05, 0) is 61.2 Å². The average Bonchev–Trinajstić information content (AvgIpc) is 3.75. The number of benzene rings is 1. The molecule has 0 saturated heterocycles. The summed E-state index contributed by atoms with van der Waals surface area (Å²) >= 11 is 7.48. The molecule has 2 aromatic heterocycles. The van der Waals surface area contributed by atoms with Crippen LogP contribution in [0.15, 0.2) is 44.1 Å². The fourth-order valence-electron chi connectivity index (χ4n) is 5.49. The van der Waals surface area contributed by atoms with E-state index in [1.54, 1.807) is 18.4 Å². The lowest BCUT2D eigenvalue weighted by Gasteiger charge is -2.23. The van der Waals surface area contributed by atoms with Crippen molar-refractivity contribution in [2.24, 2.45) is 4.99 Å². The van der Waals surface area contributed by atoms with Gasteiger partial charge in [-0.25, -0.2) is 8.42 Å². The maximum Gasteiger partial charge on any atom is 0.264 e. The number of anilines is 1. The smallest absolute Gasteiger partial charge is 0.264 e. The van der Waals surface area contributed by atoms with Crippen molar-refractivity contribution in [1.82, 2.24) is 10.1 Å². The summed E-state index contributed by atoms with van der Waals surface area (Å²) in [6.45, 7) is 6.88. The Morgan fingerprint density at radius 2 is 2.00 bits per heavy atom. The molecule has 0 radical (unpaired) electrons. The van der Waals surface area contributed by atoms with E-state index in [-0.39, 0.29) is 21.6 Å². The molecule has 1 aliphatic heterocycles. The van der Waals surface area contributed by atoms with Gasteiger partial charge < -0.3 is 9.26 Å². The number of carbonyl (C=O) groups is 1. The van der Waals surface area contributed by atoms with Crippen LogP contribution in [0.1, 0.15) is 75.7 Å². The molecule has 3 aromatic rings. The molecular formula is C29H35ClN4O5S2. The molecule has 5 rings (SSSR count). The maximum atomic E-state index is 13.6. The lowest BCUT2D eigenvalue weighted by atomic mass is 9.97. The standard InChI is InChI=1S/C29H35ClN4O5S2/c1-4-6-9-24-31-29(13-7-8-14-29)28(35)34(24)17-20-10-11-22(21(16-20)18-38-5-2)26-23(12-15-40-26)41(36,37)33-27-25(30)19(3)39-32-27/h10-12,15-16H,4-9,13-14,17-18H2,1-3H3,(H,32,33). The van der Waals surface area contributed by atoms with Crippen LogP contribution in [0.5, 0.6) is 0 Å². The number of sulfonamides is 1. The van der Waals surface area contributed by atoms with Crippen LogP contribution >= 0.6 is 22.9 Å². The van der Waals surface area contributed by atoms with Gasteiger partial charge in [-0.2, -0.15) is 0 Å². The number of ether oxygens (including phenoxy) is 1. The molecule has 1 aliphatic carbocycles. The maximum absolute atomic E-state index is 13.6. The largest absolute Gasteiger partial charge is 0.377 e. The Morgan fingerprint density at radius 3 is 2.68 bits per heavy atom. The number of carbonyl (C=O) groups excluding carboxylic acids is 1. The molecule has 3 heterocycles. The van der Waals surface area contributed by atoms with Gasteiger partial charge in [-0.3, -0.25) is 19.4 Å². The van der Waals surface area contributed by atoms with E-state index in [1.165, 1.54) is 11.3 Å². The Morgan fingerprint density at radius 1 is 1.22 bits per heavy atom. The number of hydrogen-bond donors (Lipinski definition) is 1. The van der Waals surface area contributed by atoms with Crippen LogP contribution in [0.3, 0.4) is 0 Å². The lowest BCUT2D eigenvalue weighted by Crippen LogP contribution is -2.40. The molecular weight excluding hydrogens is 584 g/mol. The third kappa shape index (κ3) is 5.95. The molecule has 1 N–H and O–H groups in total. The summed E-state index contributed by atoms with van der Waals surface area (Å²) in [6.07, 6.45) is 6.49. The van der Waals surface area contributed by atoms with Gasteiger partial charge in [0.2, 0.25) is 5.82 Å². The predicted octanol–water partition coefficient (Wildman–Crippen LogP) is 6.95. The molecule has 9 nitrogen and oxygen atoms in total. The minimum Gasteiger partial charge on any atom is -0.377 e. The number of nitrogens with zero attached hydrogens (tertiary/aromatic N) is 3. The van der Waals surface area contributed by atoms with E-state index in [1.807, 2.05) is 30.0 Å². The summed E-state index contributed by atoms with van der Waals surface area (Å²) in [5, 5.41) is 5.58. The number of rotatable bonds is 12. The average molecular weight is 619 g/mol. The van der Waals surface area contributed by atoms with Gasteiger partial charge in [-0.15, -0.1) is 11.3 Å². The first-order valence-corrected chi connectivity index (χ1v) is 16.8. The first-order chi connectivity index (χ1) is 19.7. The van der Waals surface area contributed by atoms with Crippen molar-refractivity contribution in [1.29, 1.82) is 0 Å². The quantitative estimate of drug-likeness (QED) is 0.235. The van der Waals surface area contributed by atoms with Gasteiger partial charge in [0.1, 0.15) is 21.3 Å². The minimum absolute atomic E-state index is 0.0536. The van der Waals surface area contributed by atoms with Crippen LogP contribution in [0.25, 0.3) is 10.4 Å². The van der Waals surface area contributed by atoms with Crippen molar-refractivity contribution in [3.63, 3.8) is 0 Å². The van der Waals surface area contributed by atoms with Gasteiger partial charge in [0, 0.05) is 13.0 Å². The number of thiophene rings is 1. The summed E-state index contributed by atoms with van der Waals surface area (Å²) in [6, 6.07) is 7.44. The van der Waals surface area contributed by atoms with E-state index >= 15 is 0 Å². The SMILES string of the molecule is CCCCC1=NC2(CCCC2)C(=O)N1Cc1ccc(-c2sccc2S(=O)(=O)Nc2noc(C)c2Cl)c(COCC)c1. The van der Waals surface area contributed by atoms with Crippen LogP contribution in [0, 0.1) is 6.92 Å². The van der Waals surface area contributed by atoms with Crippen molar-refractivity contribution in [3.05, 3.63) is 51.6 Å². The minimum atomic E-state index is -4.02. The summed E-state index contributed by atoms with van der Waals surface area (Å²) in [5.41, 5.74) is 1.95. The van der Waals surface area contributed by atoms with Crippen molar-refractivity contribution >= 4 is 50.5 Å². The van der Waals surface area contributed by atoms with Gasteiger partial charge in [-0.1, -0.05) is 61.1 Å². The van der Waals surface area contributed by atoms with Gasteiger partial charge >= 0.3 is 0 Å². The second-order valence-corrected chi connectivity index (χ2v) is 13.5. The number of halogens is 1.